The molecule has 0 fully saturated rings. The van der Waals surface area contributed by atoms with Gasteiger partial charge in [0.25, 0.3) is 5.79 Å². The molecule has 0 bridgehead atoms. The second-order valence-corrected chi connectivity index (χ2v) is 2.96. The lowest BCUT2D eigenvalue weighted by molar-refractivity contribution is -0.153. The molecule has 0 radical (unpaired) electrons. The van der Waals surface area contributed by atoms with Gasteiger partial charge in [-0.15, -0.1) is 0 Å². The number of allylic oxidation sites excluding steroid dienone is 2. The monoisotopic (exact) mass is 210 g/mol. The fourth-order valence-corrected chi connectivity index (χ4v) is 1.35. The molecule has 1 aliphatic heterocycles. The van der Waals surface area contributed by atoms with Crippen molar-refractivity contribution in [3.63, 3.8) is 0 Å². The average Bonchev–Trinajstić information content (AvgIpc) is 2.70. The van der Waals surface area contributed by atoms with Crippen molar-refractivity contribution in [3.8, 4) is 0 Å². The van der Waals surface area contributed by atoms with E-state index in [1.165, 1.54) is 0 Å². The van der Waals surface area contributed by atoms with Crippen LogP contribution in [0.5, 0.6) is 0 Å². The van der Waals surface area contributed by atoms with Crippen molar-refractivity contribution >= 4 is 0 Å². The first-order valence-corrected chi connectivity index (χ1v) is 5.58. The van der Waals surface area contributed by atoms with Gasteiger partial charge < -0.3 is 9.47 Å². The Bertz CT molecular complexity index is 225. The van der Waals surface area contributed by atoms with Crippen LogP contribution in [0.1, 0.15) is 40.5 Å². The molecule has 0 aromatic rings. The van der Waals surface area contributed by atoms with Gasteiger partial charge in [0, 0.05) is 12.8 Å². The van der Waals surface area contributed by atoms with Crippen molar-refractivity contribution in [1.29, 1.82) is 0 Å². The third-order valence-corrected chi connectivity index (χ3v) is 2.28. The van der Waals surface area contributed by atoms with Crippen LogP contribution in [0, 0.1) is 0 Å². The first kappa shape index (κ1) is 13.8. The van der Waals surface area contributed by atoms with Crippen LogP contribution in [0.25, 0.3) is 0 Å². The SMILES string of the molecule is C=CC1=C(C=C)OC(CC)(CC)O1.CC. The largest absolute Gasteiger partial charge is 0.448 e. The van der Waals surface area contributed by atoms with E-state index in [9.17, 15) is 0 Å². The minimum absolute atomic E-state index is 0.493. The van der Waals surface area contributed by atoms with Gasteiger partial charge in [-0.3, -0.25) is 0 Å². The molecule has 15 heavy (non-hydrogen) atoms. The van der Waals surface area contributed by atoms with Crippen molar-refractivity contribution in [1.82, 2.24) is 0 Å². The summed E-state index contributed by atoms with van der Waals surface area (Å²) in [5.41, 5.74) is 0. The van der Waals surface area contributed by atoms with Crippen LogP contribution in [-0.4, -0.2) is 5.79 Å². The Labute approximate surface area is 93.3 Å². The van der Waals surface area contributed by atoms with Crippen molar-refractivity contribution in [2.24, 2.45) is 0 Å². The van der Waals surface area contributed by atoms with Gasteiger partial charge in [-0.05, 0) is 12.2 Å². The third-order valence-electron chi connectivity index (χ3n) is 2.28. The van der Waals surface area contributed by atoms with E-state index in [4.69, 9.17) is 9.47 Å². The average molecular weight is 210 g/mol. The van der Waals surface area contributed by atoms with Gasteiger partial charge in [-0.25, -0.2) is 0 Å². The Morgan fingerprint density at radius 3 is 1.53 bits per heavy atom. The topological polar surface area (TPSA) is 18.5 Å². The Kier molecular flexibility index (Phi) is 5.83. The zero-order valence-electron chi connectivity index (χ0n) is 10.3. The van der Waals surface area contributed by atoms with E-state index in [1.807, 2.05) is 27.7 Å². The third kappa shape index (κ3) is 2.88. The van der Waals surface area contributed by atoms with Crippen molar-refractivity contribution in [2.75, 3.05) is 0 Å². The first-order valence-electron chi connectivity index (χ1n) is 5.58. The van der Waals surface area contributed by atoms with Crippen molar-refractivity contribution in [2.45, 2.75) is 46.3 Å². The molecule has 0 saturated carbocycles. The second-order valence-electron chi connectivity index (χ2n) is 2.96. The van der Waals surface area contributed by atoms with Gasteiger partial charge >= 0.3 is 0 Å². The molecule has 0 saturated heterocycles. The van der Waals surface area contributed by atoms with Crippen LogP contribution >= 0.6 is 0 Å². The van der Waals surface area contributed by atoms with Crippen LogP contribution < -0.4 is 0 Å². The molecule has 0 atom stereocenters. The molecule has 0 aliphatic carbocycles. The number of rotatable bonds is 4. The summed E-state index contributed by atoms with van der Waals surface area (Å²) in [6.07, 6.45) is 4.95. The molecule has 86 valence electrons. The van der Waals surface area contributed by atoms with E-state index in [2.05, 4.69) is 13.2 Å². The normalized spacial score (nSPS) is 17.1. The molecule has 1 rings (SSSR count). The van der Waals surface area contributed by atoms with Gasteiger partial charge in [-0.2, -0.15) is 0 Å². The van der Waals surface area contributed by atoms with E-state index in [-0.39, 0.29) is 0 Å². The molecule has 2 nitrogen and oxygen atoms in total. The molecule has 0 spiro atoms. The molecule has 2 heteroatoms. The lowest BCUT2D eigenvalue weighted by Gasteiger charge is -2.25. The van der Waals surface area contributed by atoms with Gasteiger partial charge in [0.2, 0.25) is 0 Å². The zero-order valence-corrected chi connectivity index (χ0v) is 10.3. The van der Waals surface area contributed by atoms with Gasteiger partial charge in [0.15, 0.2) is 11.5 Å². The maximum atomic E-state index is 5.67. The quantitative estimate of drug-likeness (QED) is 0.693. The van der Waals surface area contributed by atoms with Crippen molar-refractivity contribution in [3.05, 3.63) is 36.8 Å². The maximum absolute atomic E-state index is 5.67. The Morgan fingerprint density at radius 2 is 1.33 bits per heavy atom. The highest BCUT2D eigenvalue weighted by Gasteiger charge is 2.37. The van der Waals surface area contributed by atoms with Crippen LogP contribution in [0.15, 0.2) is 36.8 Å². The lowest BCUT2D eigenvalue weighted by Crippen LogP contribution is -2.28. The highest BCUT2D eigenvalue weighted by molar-refractivity contribution is 5.25. The Hall–Kier alpha value is -1.18. The van der Waals surface area contributed by atoms with Crippen LogP contribution in [-0.2, 0) is 9.47 Å². The predicted molar refractivity (Wildman–Crippen MR) is 64.3 cm³/mol. The summed E-state index contributed by atoms with van der Waals surface area (Å²) in [4.78, 5) is 0. The minimum Gasteiger partial charge on any atom is -0.448 e. The number of ether oxygens (including phenoxy) is 2. The summed E-state index contributed by atoms with van der Waals surface area (Å²) >= 11 is 0. The predicted octanol–water partition coefficient (Wildman–Crippen LogP) is 4.16. The van der Waals surface area contributed by atoms with Crippen LogP contribution in [0.4, 0.5) is 0 Å². The van der Waals surface area contributed by atoms with E-state index in [0.29, 0.717) is 11.5 Å². The molecule has 1 heterocycles. The number of hydrogen-bond donors (Lipinski definition) is 0. The fraction of sp³-hybridized carbons (Fsp3) is 0.538. The summed E-state index contributed by atoms with van der Waals surface area (Å²) in [7, 11) is 0. The first-order chi connectivity index (χ1) is 7.21. The van der Waals surface area contributed by atoms with Gasteiger partial charge in [0.05, 0.1) is 0 Å². The zero-order chi connectivity index (χ0) is 11.9. The smallest absolute Gasteiger partial charge is 0.251 e. The standard InChI is InChI=1S/C11H16O2.C2H6/c1-5-9-10(6-2)13-11(7-3,8-4)12-9;1-2/h5-6H,1-2,7-8H2,3-4H3;1-2H3. The molecule has 0 N–H and O–H groups in total. The molecular weight excluding hydrogens is 188 g/mol. The molecule has 0 unspecified atom stereocenters. The Morgan fingerprint density at radius 1 is 1.00 bits per heavy atom. The molecule has 0 aromatic heterocycles. The Balaban J connectivity index is 0.000000921. The van der Waals surface area contributed by atoms with Crippen LogP contribution in [0.2, 0.25) is 0 Å². The van der Waals surface area contributed by atoms with E-state index >= 15 is 0 Å². The number of hydrogen-bond acceptors (Lipinski definition) is 2. The van der Waals surface area contributed by atoms with Crippen molar-refractivity contribution < 1.29 is 9.47 Å². The van der Waals surface area contributed by atoms with E-state index < -0.39 is 5.79 Å². The molecular formula is C13H22O2. The lowest BCUT2D eigenvalue weighted by atomic mass is 10.1. The van der Waals surface area contributed by atoms with E-state index in [1.54, 1.807) is 12.2 Å². The minimum atomic E-state index is -0.493. The highest BCUT2D eigenvalue weighted by atomic mass is 16.7. The molecule has 0 amide bonds. The van der Waals surface area contributed by atoms with Gasteiger partial charge in [0.1, 0.15) is 0 Å². The summed E-state index contributed by atoms with van der Waals surface area (Å²) in [6.45, 7) is 15.4. The highest BCUT2D eigenvalue weighted by Crippen LogP contribution is 2.36. The molecule has 0 aromatic carbocycles. The molecule has 1 aliphatic rings. The van der Waals surface area contributed by atoms with Crippen LogP contribution in [0.3, 0.4) is 0 Å². The summed E-state index contributed by atoms with van der Waals surface area (Å²) in [6, 6.07) is 0. The maximum Gasteiger partial charge on any atom is 0.251 e. The fourth-order valence-electron chi connectivity index (χ4n) is 1.35. The second kappa shape index (κ2) is 6.33. The van der Waals surface area contributed by atoms with Gasteiger partial charge in [-0.1, -0.05) is 40.9 Å². The summed E-state index contributed by atoms with van der Waals surface area (Å²) in [5.74, 6) is 0.893. The van der Waals surface area contributed by atoms with E-state index in [0.717, 1.165) is 12.8 Å². The summed E-state index contributed by atoms with van der Waals surface area (Å²) in [5, 5.41) is 0. The summed E-state index contributed by atoms with van der Waals surface area (Å²) < 4.78 is 11.3.